The molecule has 3 amide bonds. The van der Waals surface area contributed by atoms with Gasteiger partial charge < -0.3 is 40.0 Å². The Morgan fingerprint density at radius 3 is 2.06 bits per heavy atom. The molecular formula is C40H68N6O7. The number of methoxy groups -OCH3 is 3. The molecule has 4 N–H and O–H groups in total. The Hall–Kier alpha value is -3.55. The van der Waals surface area contributed by atoms with E-state index in [0.29, 0.717) is 13.0 Å². The van der Waals surface area contributed by atoms with Crippen LogP contribution in [0.15, 0.2) is 30.3 Å². The Morgan fingerprint density at radius 1 is 0.925 bits per heavy atom. The number of hydrogen-bond acceptors (Lipinski definition) is 9. The van der Waals surface area contributed by atoms with Crippen molar-refractivity contribution in [2.75, 3.05) is 42.0 Å². The van der Waals surface area contributed by atoms with Crippen molar-refractivity contribution < 1.29 is 33.4 Å². The van der Waals surface area contributed by atoms with Gasteiger partial charge in [0.25, 0.3) is 0 Å². The van der Waals surface area contributed by atoms with Gasteiger partial charge >= 0.3 is 5.97 Å². The van der Waals surface area contributed by atoms with Gasteiger partial charge in [0.1, 0.15) is 11.9 Å². The molecule has 1 aliphatic heterocycles. The summed E-state index contributed by atoms with van der Waals surface area (Å²) in [6.07, 6.45) is 1.34. The first-order chi connectivity index (χ1) is 25.1. The smallest absolute Gasteiger partial charge is 0.328 e. The highest BCUT2D eigenvalue weighted by Gasteiger charge is 2.43. The van der Waals surface area contributed by atoms with E-state index in [1.165, 1.54) is 7.11 Å². The number of hydrogen-bond donors (Lipinski definition) is 4. The van der Waals surface area contributed by atoms with Gasteiger partial charge in [-0.05, 0) is 43.2 Å². The predicted molar refractivity (Wildman–Crippen MR) is 207 cm³/mol. The van der Waals surface area contributed by atoms with Crippen molar-refractivity contribution >= 4 is 29.5 Å². The van der Waals surface area contributed by atoms with Gasteiger partial charge in [-0.1, -0.05) is 85.2 Å². The maximum atomic E-state index is 14.2. The molecule has 1 aliphatic rings. The Kier molecular flexibility index (Phi) is 18.9. The number of amidine groups is 1. The summed E-state index contributed by atoms with van der Waals surface area (Å²) in [4.78, 5) is 57.4. The number of carbonyl (C=O) groups excluding carboxylic acids is 4. The van der Waals surface area contributed by atoms with Crippen molar-refractivity contribution in [1.29, 1.82) is 5.41 Å². The molecule has 0 aliphatic carbocycles. The molecule has 0 spiro atoms. The monoisotopic (exact) mass is 745 g/mol. The van der Waals surface area contributed by atoms with Crippen LogP contribution in [0.5, 0.6) is 0 Å². The Bertz CT molecular complexity index is 1330. The first-order valence-electron chi connectivity index (χ1n) is 19.1. The van der Waals surface area contributed by atoms with E-state index in [9.17, 15) is 24.6 Å². The molecule has 9 atom stereocenters. The van der Waals surface area contributed by atoms with Crippen LogP contribution in [-0.4, -0.2) is 124 Å². The van der Waals surface area contributed by atoms with Gasteiger partial charge in [-0.2, -0.15) is 0 Å². The van der Waals surface area contributed by atoms with Gasteiger partial charge in [0.05, 0.1) is 55.8 Å². The molecule has 0 radical (unpaired) electrons. The van der Waals surface area contributed by atoms with Gasteiger partial charge in [0.2, 0.25) is 17.7 Å². The van der Waals surface area contributed by atoms with Crippen LogP contribution in [0.2, 0.25) is 0 Å². The van der Waals surface area contributed by atoms with Crippen molar-refractivity contribution in [3.63, 3.8) is 0 Å². The van der Waals surface area contributed by atoms with Crippen molar-refractivity contribution in [3.05, 3.63) is 35.9 Å². The molecule has 53 heavy (non-hydrogen) atoms. The standard InChI is InChI=1S/C40H68N6O7/c1-13-26(6)35(45(9)37(41)33(24(2)3)44-39(49)34(42-8)25(4)5)31(51-10)23-32(47)46-21-17-20-30(46)36(52-11)27(7)38(48)43-29(40(50)53-12)22-28-18-15-14-16-19-28/h14-16,18-19,24-27,29-31,33-36,41-42H,13,17,20-23H2,1-12H3,(H,43,48)(H,44,49)/t26?,27-,29?,30+,31-,33+,34+,35+,36-/m1/s1. The third-order valence-electron chi connectivity index (χ3n) is 10.9. The lowest BCUT2D eigenvalue weighted by Gasteiger charge is -2.42. The SMILES string of the molecule is CCC(C)[C@@H]([C@@H](CC(=O)N1CCC[C@H]1[C@H](OC)[C@@H](C)C(=O)NC(Cc1ccccc1)C(=O)OC)OC)N(C)C(=N)[C@@H](NC(=O)[C@@H](NC)C(C)C)C(C)C. The second-order valence-corrected chi connectivity index (χ2v) is 15.2. The van der Waals surface area contributed by atoms with Crippen LogP contribution in [0.4, 0.5) is 0 Å². The van der Waals surface area contributed by atoms with Gasteiger partial charge in [0.15, 0.2) is 0 Å². The molecule has 1 fully saturated rings. The van der Waals surface area contributed by atoms with E-state index in [2.05, 4.69) is 29.8 Å². The van der Waals surface area contributed by atoms with Crippen LogP contribution in [0.3, 0.4) is 0 Å². The summed E-state index contributed by atoms with van der Waals surface area (Å²) in [5.74, 6) is -1.57. The van der Waals surface area contributed by atoms with Crippen LogP contribution in [0.25, 0.3) is 0 Å². The highest BCUT2D eigenvalue weighted by molar-refractivity contribution is 5.91. The van der Waals surface area contributed by atoms with Crippen molar-refractivity contribution in [1.82, 2.24) is 25.8 Å². The highest BCUT2D eigenvalue weighted by atomic mass is 16.5. The zero-order valence-corrected chi connectivity index (χ0v) is 34.2. The van der Waals surface area contributed by atoms with E-state index >= 15 is 0 Å². The molecule has 13 heteroatoms. The number of likely N-dealkylation sites (tertiary alicyclic amines) is 1. The van der Waals surface area contributed by atoms with E-state index in [4.69, 9.17) is 14.2 Å². The van der Waals surface area contributed by atoms with E-state index < -0.39 is 42.2 Å². The number of ether oxygens (including phenoxy) is 3. The normalized spacial score (nSPS) is 19.1. The lowest BCUT2D eigenvalue weighted by molar-refractivity contribution is -0.147. The van der Waals surface area contributed by atoms with E-state index in [1.807, 2.05) is 70.0 Å². The number of nitrogens with zero attached hydrogens (tertiary/aromatic N) is 2. The number of esters is 1. The number of amides is 3. The van der Waals surface area contributed by atoms with Crippen LogP contribution in [0, 0.1) is 29.1 Å². The van der Waals surface area contributed by atoms with Gasteiger partial charge in [0, 0.05) is 34.2 Å². The van der Waals surface area contributed by atoms with Crippen LogP contribution in [0.1, 0.15) is 79.7 Å². The molecule has 1 aromatic carbocycles. The summed E-state index contributed by atoms with van der Waals surface area (Å²) in [5.41, 5.74) is 0.883. The predicted octanol–water partition coefficient (Wildman–Crippen LogP) is 3.64. The fraction of sp³-hybridized carbons (Fsp3) is 0.725. The molecule has 2 rings (SSSR count). The first-order valence-corrected chi connectivity index (χ1v) is 19.1. The molecule has 0 bridgehead atoms. The molecule has 1 saturated heterocycles. The number of carbonyl (C=O) groups is 4. The number of nitrogens with one attached hydrogen (secondary N) is 4. The number of benzene rings is 1. The number of likely N-dealkylation sites (N-methyl/N-ethyl adjacent to an activating group) is 2. The quantitative estimate of drug-likeness (QED) is 0.0837. The molecule has 0 saturated carbocycles. The molecule has 300 valence electrons. The van der Waals surface area contributed by atoms with Gasteiger partial charge in [-0.25, -0.2) is 4.79 Å². The third-order valence-corrected chi connectivity index (χ3v) is 10.9. The number of rotatable bonds is 21. The van der Waals surface area contributed by atoms with Crippen LogP contribution < -0.4 is 16.0 Å². The molecule has 1 heterocycles. The lowest BCUT2D eigenvalue weighted by atomic mass is 9.89. The highest BCUT2D eigenvalue weighted by Crippen LogP contribution is 2.30. The van der Waals surface area contributed by atoms with Crippen molar-refractivity contribution in [2.24, 2.45) is 23.7 Å². The maximum absolute atomic E-state index is 14.2. The fourth-order valence-electron chi connectivity index (χ4n) is 7.59. The van der Waals surface area contributed by atoms with Gasteiger partial charge in [-0.3, -0.25) is 19.8 Å². The van der Waals surface area contributed by atoms with E-state index in [-0.39, 0.29) is 66.2 Å². The summed E-state index contributed by atoms with van der Waals surface area (Å²) >= 11 is 0. The van der Waals surface area contributed by atoms with E-state index in [0.717, 1.165) is 18.4 Å². The summed E-state index contributed by atoms with van der Waals surface area (Å²) in [6, 6.07) is 6.88. The van der Waals surface area contributed by atoms with E-state index in [1.54, 1.807) is 33.1 Å². The Balaban J connectivity index is 2.27. The fourth-order valence-corrected chi connectivity index (χ4v) is 7.59. The molecule has 0 aromatic heterocycles. The summed E-state index contributed by atoms with van der Waals surface area (Å²) in [6.45, 7) is 14.3. The van der Waals surface area contributed by atoms with Crippen molar-refractivity contribution in [2.45, 2.75) is 123 Å². The average molecular weight is 745 g/mol. The first kappa shape index (κ1) is 45.6. The van der Waals surface area contributed by atoms with Crippen LogP contribution >= 0.6 is 0 Å². The lowest BCUT2D eigenvalue weighted by Crippen LogP contribution is -2.59. The summed E-state index contributed by atoms with van der Waals surface area (Å²) < 4.78 is 17.0. The molecule has 13 nitrogen and oxygen atoms in total. The van der Waals surface area contributed by atoms with Crippen LogP contribution in [-0.2, 0) is 39.8 Å². The summed E-state index contributed by atoms with van der Waals surface area (Å²) in [5, 5.41) is 18.4. The maximum Gasteiger partial charge on any atom is 0.328 e. The third kappa shape index (κ3) is 12.2. The Morgan fingerprint density at radius 2 is 1.55 bits per heavy atom. The molecule has 1 aromatic rings. The second-order valence-electron chi connectivity index (χ2n) is 15.2. The molecule has 2 unspecified atom stereocenters. The van der Waals surface area contributed by atoms with Crippen molar-refractivity contribution in [3.8, 4) is 0 Å². The Labute approximate surface area is 318 Å². The molecular weight excluding hydrogens is 676 g/mol. The topological polar surface area (TPSA) is 162 Å². The minimum atomic E-state index is -0.879. The zero-order chi connectivity index (χ0) is 40.0. The minimum absolute atomic E-state index is 0.0470. The largest absolute Gasteiger partial charge is 0.467 e. The second kappa shape index (κ2) is 22.0. The summed E-state index contributed by atoms with van der Waals surface area (Å²) in [7, 11) is 8.02. The average Bonchev–Trinajstić information content (AvgIpc) is 3.62. The minimum Gasteiger partial charge on any atom is -0.467 e. The zero-order valence-electron chi connectivity index (χ0n) is 34.2. The van der Waals surface area contributed by atoms with Gasteiger partial charge in [-0.15, -0.1) is 0 Å².